The van der Waals surface area contributed by atoms with Crippen molar-refractivity contribution in [1.82, 2.24) is 10.6 Å². The van der Waals surface area contributed by atoms with Crippen molar-refractivity contribution in [3.63, 3.8) is 0 Å². The van der Waals surface area contributed by atoms with E-state index in [0.717, 1.165) is 22.9 Å². The van der Waals surface area contributed by atoms with Crippen molar-refractivity contribution in [2.45, 2.75) is 6.92 Å². The van der Waals surface area contributed by atoms with Crippen LogP contribution in [0.4, 0.5) is 10.5 Å². The number of aliphatic imine (C=N–C) groups is 1. The number of carbonyl (C=O) groups is 3. The number of thioether (sulfide) groups is 1. The van der Waals surface area contributed by atoms with Crippen LogP contribution in [-0.2, 0) is 9.59 Å². The summed E-state index contributed by atoms with van der Waals surface area (Å²) >= 11 is 1.06. The van der Waals surface area contributed by atoms with Crippen LogP contribution in [0.3, 0.4) is 0 Å². The molecule has 4 rings (SSSR count). The summed E-state index contributed by atoms with van der Waals surface area (Å²) in [5.74, 6) is 0.295. The van der Waals surface area contributed by atoms with E-state index in [2.05, 4.69) is 22.2 Å². The molecule has 0 saturated heterocycles. The zero-order valence-electron chi connectivity index (χ0n) is 18.4. The fourth-order valence-electron chi connectivity index (χ4n) is 3.18. The van der Waals surface area contributed by atoms with E-state index >= 15 is 0 Å². The highest BCUT2D eigenvalue weighted by Crippen LogP contribution is 2.34. The van der Waals surface area contributed by atoms with Gasteiger partial charge in [0.05, 0.1) is 11.4 Å². The number of nitrogens with zero attached hydrogens (tertiary/aromatic N) is 2. The van der Waals surface area contributed by atoms with Gasteiger partial charge < -0.3 is 14.8 Å². The van der Waals surface area contributed by atoms with Gasteiger partial charge >= 0.3 is 6.03 Å². The molecular formula is C24H22N4O5S. The third-order valence-electron chi connectivity index (χ3n) is 4.81. The molecule has 0 aromatic heterocycles. The zero-order chi connectivity index (χ0) is 24.1. The topological polar surface area (TPSA) is 109 Å². The number of benzene rings is 2. The average molecular weight is 479 g/mol. The Morgan fingerprint density at radius 2 is 1.94 bits per heavy atom. The molecule has 0 fully saturated rings. The molecule has 2 heterocycles. The van der Waals surface area contributed by atoms with E-state index in [-0.39, 0.29) is 30.7 Å². The Morgan fingerprint density at radius 3 is 2.71 bits per heavy atom. The minimum Gasteiger partial charge on any atom is -0.454 e. The van der Waals surface area contributed by atoms with E-state index in [1.165, 1.54) is 11.0 Å². The van der Waals surface area contributed by atoms with Crippen LogP contribution in [0.1, 0.15) is 11.1 Å². The molecule has 2 aromatic rings. The summed E-state index contributed by atoms with van der Waals surface area (Å²) in [5, 5.41) is 5.04. The zero-order valence-corrected chi connectivity index (χ0v) is 19.2. The number of fused-ring (bicyclic) bond motifs is 1. The first-order chi connectivity index (χ1) is 16.4. The first-order valence-corrected chi connectivity index (χ1v) is 11.4. The monoisotopic (exact) mass is 478 g/mol. The maximum atomic E-state index is 13.3. The first kappa shape index (κ1) is 23.1. The Morgan fingerprint density at radius 1 is 1.18 bits per heavy atom. The third-order valence-corrected chi connectivity index (χ3v) is 5.75. The summed E-state index contributed by atoms with van der Waals surface area (Å²) in [7, 11) is 0. The van der Waals surface area contributed by atoms with Crippen molar-refractivity contribution in [3.8, 4) is 11.5 Å². The van der Waals surface area contributed by atoms with Crippen molar-refractivity contribution in [3.05, 3.63) is 71.9 Å². The van der Waals surface area contributed by atoms with E-state index < -0.39 is 11.9 Å². The lowest BCUT2D eigenvalue weighted by Crippen LogP contribution is -2.40. The predicted molar refractivity (Wildman–Crippen MR) is 131 cm³/mol. The van der Waals surface area contributed by atoms with Gasteiger partial charge in [0.15, 0.2) is 16.7 Å². The van der Waals surface area contributed by atoms with Crippen LogP contribution in [0.25, 0.3) is 6.08 Å². The van der Waals surface area contributed by atoms with Crippen LogP contribution in [0.2, 0.25) is 0 Å². The molecule has 10 heteroatoms. The van der Waals surface area contributed by atoms with Gasteiger partial charge in [-0.2, -0.15) is 0 Å². The number of hydrogen-bond acceptors (Lipinski definition) is 7. The predicted octanol–water partition coefficient (Wildman–Crippen LogP) is 3.21. The second-order valence-corrected chi connectivity index (χ2v) is 8.29. The maximum Gasteiger partial charge on any atom is 0.321 e. The van der Waals surface area contributed by atoms with Crippen molar-refractivity contribution in [2.75, 3.05) is 24.0 Å². The smallest absolute Gasteiger partial charge is 0.321 e. The Kier molecular flexibility index (Phi) is 6.98. The van der Waals surface area contributed by atoms with Crippen molar-refractivity contribution < 1.29 is 23.9 Å². The van der Waals surface area contributed by atoms with E-state index in [0.29, 0.717) is 22.4 Å². The van der Waals surface area contributed by atoms with Crippen LogP contribution < -0.4 is 25.0 Å². The number of carbonyl (C=O) groups excluding carboxylic acids is 3. The van der Waals surface area contributed by atoms with Gasteiger partial charge in [0.2, 0.25) is 12.7 Å². The quantitative estimate of drug-likeness (QED) is 0.488. The van der Waals surface area contributed by atoms with Gasteiger partial charge in [0.25, 0.3) is 5.91 Å². The lowest BCUT2D eigenvalue weighted by atomic mass is 10.1. The molecule has 0 unspecified atom stereocenters. The van der Waals surface area contributed by atoms with Gasteiger partial charge in [0, 0.05) is 6.54 Å². The summed E-state index contributed by atoms with van der Waals surface area (Å²) < 4.78 is 10.7. The normalized spacial score (nSPS) is 15.3. The molecular weight excluding hydrogens is 456 g/mol. The SMILES string of the molecule is C=CCNC(=O)NC(=O)CSC1=N/C(=C/c2ccc3c(c2)OCO3)C(=O)N1c1ccc(C)cc1. The average Bonchev–Trinajstić information content (AvgIpc) is 3.41. The molecule has 2 aliphatic heterocycles. The number of amides is 4. The van der Waals surface area contributed by atoms with E-state index in [1.54, 1.807) is 24.3 Å². The van der Waals surface area contributed by atoms with E-state index in [1.807, 2.05) is 31.2 Å². The van der Waals surface area contributed by atoms with Gasteiger partial charge in [-0.05, 0) is 42.8 Å². The van der Waals surface area contributed by atoms with Crippen LogP contribution in [-0.4, -0.2) is 42.1 Å². The summed E-state index contributed by atoms with van der Waals surface area (Å²) in [6.07, 6.45) is 3.16. The number of imide groups is 1. The first-order valence-electron chi connectivity index (χ1n) is 10.4. The van der Waals surface area contributed by atoms with Gasteiger partial charge in [-0.25, -0.2) is 9.79 Å². The van der Waals surface area contributed by atoms with Crippen molar-refractivity contribution >= 4 is 46.5 Å². The Hall–Kier alpha value is -4.05. The van der Waals surface area contributed by atoms with Crippen LogP contribution in [0.15, 0.2) is 65.8 Å². The lowest BCUT2D eigenvalue weighted by molar-refractivity contribution is -0.117. The minimum absolute atomic E-state index is 0.104. The molecule has 0 aliphatic carbocycles. The highest BCUT2D eigenvalue weighted by atomic mass is 32.2. The number of urea groups is 1. The second kappa shape index (κ2) is 10.3. The van der Waals surface area contributed by atoms with E-state index in [9.17, 15) is 14.4 Å². The summed E-state index contributed by atoms with van der Waals surface area (Å²) in [5.41, 5.74) is 2.61. The number of hydrogen-bond donors (Lipinski definition) is 2. The summed E-state index contributed by atoms with van der Waals surface area (Å²) in [4.78, 5) is 43.1. The highest BCUT2D eigenvalue weighted by molar-refractivity contribution is 8.14. The molecule has 174 valence electrons. The van der Waals surface area contributed by atoms with Gasteiger partial charge in [0.1, 0.15) is 5.70 Å². The standard InChI is InChI=1S/C24H22N4O5S/c1-3-10-25-23(31)27-21(29)13-34-24-26-18(11-16-6-9-19-20(12-16)33-14-32-19)22(30)28(24)17-7-4-15(2)5-8-17/h3-9,11-12H,1,10,13-14H2,2H3,(H2,25,27,29,31)/b18-11+. The number of nitrogens with one attached hydrogen (secondary N) is 2. The molecule has 4 amide bonds. The fraction of sp³-hybridized carbons (Fsp3) is 0.167. The molecule has 0 saturated carbocycles. The second-order valence-electron chi connectivity index (χ2n) is 7.35. The molecule has 0 spiro atoms. The molecule has 0 bridgehead atoms. The van der Waals surface area contributed by atoms with Gasteiger partial charge in [-0.1, -0.05) is 41.6 Å². The minimum atomic E-state index is -0.617. The van der Waals surface area contributed by atoms with Gasteiger partial charge in [-0.15, -0.1) is 6.58 Å². The molecule has 2 aromatic carbocycles. The number of rotatable bonds is 6. The molecule has 0 radical (unpaired) electrons. The van der Waals surface area contributed by atoms with E-state index in [4.69, 9.17) is 9.47 Å². The molecule has 2 aliphatic rings. The Labute approximate surface area is 200 Å². The largest absolute Gasteiger partial charge is 0.454 e. The molecule has 9 nitrogen and oxygen atoms in total. The summed E-state index contributed by atoms with van der Waals surface area (Å²) in [6.45, 7) is 5.84. The highest BCUT2D eigenvalue weighted by Gasteiger charge is 2.32. The molecule has 2 N–H and O–H groups in total. The Bertz CT molecular complexity index is 1210. The third kappa shape index (κ3) is 5.29. The molecule has 34 heavy (non-hydrogen) atoms. The molecule has 0 atom stereocenters. The van der Waals surface area contributed by atoms with Crippen LogP contribution in [0.5, 0.6) is 11.5 Å². The van der Waals surface area contributed by atoms with Crippen LogP contribution >= 0.6 is 11.8 Å². The maximum absolute atomic E-state index is 13.3. The number of anilines is 1. The number of ether oxygens (including phenoxy) is 2. The lowest BCUT2D eigenvalue weighted by Gasteiger charge is -2.18. The van der Waals surface area contributed by atoms with Crippen molar-refractivity contribution in [2.24, 2.45) is 4.99 Å². The van der Waals surface area contributed by atoms with Crippen LogP contribution in [0, 0.1) is 6.92 Å². The van der Waals surface area contributed by atoms with Gasteiger partial charge in [-0.3, -0.25) is 19.8 Å². The summed E-state index contributed by atoms with van der Waals surface area (Å²) in [6, 6.07) is 12.1. The number of amidine groups is 1. The Balaban J connectivity index is 1.55. The number of aryl methyl sites for hydroxylation is 1. The van der Waals surface area contributed by atoms with Crippen molar-refractivity contribution in [1.29, 1.82) is 0 Å². The fourth-order valence-corrected chi connectivity index (χ4v) is 3.99.